The monoisotopic (exact) mass is 499 g/mol. The zero-order chi connectivity index (χ0) is 19.0. The highest BCUT2D eigenvalue weighted by Crippen LogP contribution is 2.31. The van der Waals surface area contributed by atoms with Crippen molar-refractivity contribution in [3.05, 3.63) is 29.8 Å². The van der Waals surface area contributed by atoms with Gasteiger partial charge in [-0.1, -0.05) is 6.07 Å². The number of guanidine groups is 1. The number of hydrogen-bond acceptors (Lipinski definition) is 3. The molecule has 0 atom stereocenters. The second-order valence-corrected chi connectivity index (χ2v) is 6.33. The van der Waals surface area contributed by atoms with E-state index in [1.54, 1.807) is 13.1 Å². The molecule has 0 spiro atoms. The lowest BCUT2D eigenvalue weighted by atomic mass is 10.1. The van der Waals surface area contributed by atoms with Gasteiger partial charge in [-0.15, -0.1) is 24.0 Å². The third-order valence-electron chi connectivity index (χ3n) is 4.56. The van der Waals surface area contributed by atoms with E-state index in [9.17, 15) is 13.2 Å². The molecule has 2 N–H and O–H groups in total. The third kappa shape index (κ3) is 7.73. The number of piperazine rings is 1. The molecule has 1 saturated heterocycles. The van der Waals surface area contributed by atoms with Crippen LogP contribution in [-0.2, 0) is 6.18 Å². The Morgan fingerprint density at radius 2 is 1.85 bits per heavy atom. The molecule has 0 radical (unpaired) electrons. The molecule has 0 bridgehead atoms. The van der Waals surface area contributed by atoms with Crippen molar-refractivity contribution in [2.75, 3.05) is 58.3 Å². The number of aliphatic imine (C=N–C) groups is 1. The van der Waals surface area contributed by atoms with Crippen molar-refractivity contribution in [1.82, 2.24) is 15.5 Å². The van der Waals surface area contributed by atoms with Crippen LogP contribution in [0, 0.1) is 0 Å². The quantitative estimate of drug-likeness (QED) is 0.274. The van der Waals surface area contributed by atoms with Crippen LogP contribution in [-0.4, -0.2) is 64.2 Å². The summed E-state index contributed by atoms with van der Waals surface area (Å²) in [5.74, 6) is 0.791. The average molecular weight is 499 g/mol. The van der Waals surface area contributed by atoms with Gasteiger partial charge < -0.3 is 15.5 Å². The number of alkyl halides is 3. The van der Waals surface area contributed by atoms with E-state index >= 15 is 0 Å². The third-order valence-corrected chi connectivity index (χ3v) is 4.56. The van der Waals surface area contributed by atoms with E-state index in [4.69, 9.17) is 0 Å². The Labute approximate surface area is 176 Å². The number of halogens is 4. The van der Waals surface area contributed by atoms with Crippen molar-refractivity contribution in [3.8, 4) is 0 Å². The van der Waals surface area contributed by atoms with E-state index in [0.717, 1.165) is 64.1 Å². The second kappa shape index (κ2) is 11.6. The lowest BCUT2D eigenvalue weighted by molar-refractivity contribution is -0.137. The Hall–Kier alpha value is -1.23. The van der Waals surface area contributed by atoms with E-state index in [0.29, 0.717) is 5.69 Å². The Bertz CT molecular complexity index is 587. The topological polar surface area (TPSA) is 42.9 Å². The maximum Gasteiger partial charge on any atom is 0.416 e. The standard InChI is InChI=1S/C18H28F3N5.HI/c1-22-17(23-2)24-8-3-4-9-25-10-12-26(13-11-25)16-7-5-6-15(14-16)18(19,20)21;/h5-7,14H,3-4,8-13H2,1-2H3,(H2,22,23,24);1H. The summed E-state index contributed by atoms with van der Waals surface area (Å²) >= 11 is 0. The van der Waals surface area contributed by atoms with Gasteiger partial charge in [0.2, 0.25) is 0 Å². The van der Waals surface area contributed by atoms with Crippen LogP contribution < -0.4 is 15.5 Å². The van der Waals surface area contributed by atoms with Crippen LogP contribution >= 0.6 is 24.0 Å². The number of hydrogen-bond donors (Lipinski definition) is 2. The Balaban J connectivity index is 0.00000364. The van der Waals surface area contributed by atoms with E-state index in [-0.39, 0.29) is 24.0 Å². The molecule has 154 valence electrons. The first kappa shape index (κ1) is 23.8. The molecule has 1 aliphatic heterocycles. The molecule has 27 heavy (non-hydrogen) atoms. The van der Waals surface area contributed by atoms with Crippen LogP contribution in [0.4, 0.5) is 18.9 Å². The van der Waals surface area contributed by atoms with E-state index in [1.165, 1.54) is 12.1 Å². The van der Waals surface area contributed by atoms with Crippen molar-refractivity contribution in [2.45, 2.75) is 19.0 Å². The Morgan fingerprint density at radius 1 is 1.15 bits per heavy atom. The van der Waals surface area contributed by atoms with Crippen molar-refractivity contribution in [1.29, 1.82) is 0 Å². The van der Waals surface area contributed by atoms with Gasteiger partial charge in [0.25, 0.3) is 0 Å². The van der Waals surface area contributed by atoms with Gasteiger partial charge in [-0.2, -0.15) is 13.2 Å². The predicted molar refractivity (Wildman–Crippen MR) is 115 cm³/mol. The summed E-state index contributed by atoms with van der Waals surface area (Å²) in [6.45, 7) is 5.15. The molecular formula is C18H29F3IN5. The molecular weight excluding hydrogens is 470 g/mol. The van der Waals surface area contributed by atoms with Crippen molar-refractivity contribution in [3.63, 3.8) is 0 Å². The second-order valence-electron chi connectivity index (χ2n) is 6.33. The maximum absolute atomic E-state index is 12.9. The van der Waals surface area contributed by atoms with Crippen LogP contribution in [0.3, 0.4) is 0 Å². The van der Waals surface area contributed by atoms with Gasteiger partial charge in [-0.05, 0) is 37.6 Å². The first-order valence-electron chi connectivity index (χ1n) is 8.97. The lowest BCUT2D eigenvalue weighted by Crippen LogP contribution is -2.46. The maximum atomic E-state index is 12.9. The molecule has 1 aliphatic rings. The molecule has 9 heteroatoms. The van der Waals surface area contributed by atoms with Gasteiger partial charge in [-0.3, -0.25) is 9.89 Å². The SMILES string of the molecule is CN=C(NC)NCCCCN1CCN(c2cccc(C(F)(F)F)c2)CC1.I. The highest BCUT2D eigenvalue weighted by atomic mass is 127. The van der Waals surface area contributed by atoms with E-state index < -0.39 is 11.7 Å². The van der Waals surface area contributed by atoms with Crippen molar-refractivity contribution < 1.29 is 13.2 Å². The summed E-state index contributed by atoms with van der Waals surface area (Å²) in [5, 5.41) is 6.20. The fourth-order valence-corrected chi connectivity index (χ4v) is 3.06. The minimum atomic E-state index is -4.29. The highest BCUT2D eigenvalue weighted by Gasteiger charge is 2.31. The van der Waals surface area contributed by atoms with Gasteiger partial charge in [0.15, 0.2) is 5.96 Å². The summed E-state index contributed by atoms with van der Waals surface area (Å²) < 4.78 is 38.6. The Morgan fingerprint density at radius 3 is 2.44 bits per heavy atom. The number of rotatable bonds is 6. The smallest absolute Gasteiger partial charge is 0.369 e. The van der Waals surface area contributed by atoms with Crippen LogP contribution in [0.5, 0.6) is 0 Å². The van der Waals surface area contributed by atoms with Gasteiger partial charge in [0.05, 0.1) is 5.56 Å². The van der Waals surface area contributed by atoms with Crippen LogP contribution in [0.2, 0.25) is 0 Å². The summed E-state index contributed by atoms with van der Waals surface area (Å²) in [5.41, 5.74) is 0.0728. The zero-order valence-corrected chi connectivity index (χ0v) is 18.2. The molecule has 0 saturated carbocycles. The molecule has 0 aliphatic carbocycles. The van der Waals surface area contributed by atoms with Crippen LogP contribution in [0.1, 0.15) is 18.4 Å². The highest BCUT2D eigenvalue weighted by molar-refractivity contribution is 14.0. The fraction of sp³-hybridized carbons (Fsp3) is 0.611. The first-order chi connectivity index (χ1) is 12.4. The summed E-state index contributed by atoms with van der Waals surface area (Å²) in [6.07, 6.45) is -2.16. The molecule has 0 unspecified atom stereocenters. The lowest BCUT2D eigenvalue weighted by Gasteiger charge is -2.36. The van der Waals surface area contributed by atoms with Crippen molar-refractivity contribution in [2.24, 2.45) is 4.99 Å². The summed E-state index contributed by atoms with van der Waals surface area (Å²) in [7, 11) is 3.57. The fourth-order valence-electron chi connectivity index (χ4n) is 3.06. The van der Waals surface area contributed by atoms with Crippen molar-refractivity contribution >= 4 is 35.6 Å². The number of unbranched alkanes of at least 4 members (excludes halogenated alkanes) is 1. The first-order valence-corrected chi connectivity index (χ1v) is 8.97. The molecule has 1 aromatic carbocycles. The normalized spacial score (nSPS) is 16.0. The largest absolute Gasteiger partial charge is 0.416 e. The van der Waals surface area contributed by atoms with Gasteiger partial charge in [0, 0.05) is 52.5 Å². The molecule has 0 aromatic heterocycles. The summed E-state index contributed by atoms with van der Waals surface area (Å²) in [4.78, 5) is 8.46. The predicted octanol–water partition coefficient (Wildman–Crippen LogP) is 3.02. The molecule has 5 nitrogen and oxygen atoms in total. The van der Waals surface area contributed by atoms with Gasteiger partial charge in [0.1, 0.15) is 0 Å². The van der Waals surface area contributed by atoms with Gasteiger partial charge >= 0.3 is 6.18 Å². The number of nitrogens with one attached hydrogen (secondary N) is 2. The average Bonchev–Trinajstić information content (AvgIpc) is 2.65. The Kier molecular flexibility index (Phi) is 10.2. The van der Waals surface area contributed by atoms with Crippen LogP contribution in [0.15, 0.2) is 29.3 Å². The van der Waals surface area contributed by atoms with E-state index in [1.807, 2.05) is 11.9 Å². The molecule has 1 aromatic rings. The van der Waals surface area contributed by atoms with Crippen LogP contribution in [0.25, 0.3) is 0 Å². The number of nitrogens with zero attached hydrogens (tertiary/aromatic N) is 3. The summed E-state index contributed by atoms with van der Waals surface area (Å²) in [6, 6.07) is 5.61. The number of benzene rings is 1. The minimum Gasteiger partial charge on any atom is -0.369 e. The van der Waals surface area contributed by atoms with Gasteiger partial charge in [-0.25, -0.2) is 0 Å². The zero-order valence-electron chi connectivity index (χ0n) is 15.9. The molecule has 2 rings (SSSR count). The molecule has 1 fully saturated rings. The number of anilines is 1. The minimum absolute atomic E-state index is 0. The van der Waals surface area contributed by atoms with E-state index in [2.05, 4.69) is 20.5 Å². The molecule has 1 heterocycles. The molecule has 0 amide bonds.